The molecule has 2 N–H and O–H groups in total. The van der Waals surface area contributed by atoms with Gasteiger partial charge in [-0.3, -0.25) is 9.59 Å². The zero-order valence-electron chi connectivity index (χ0n) is 31.0. The third-order valence-corrected chi connectivity index (χ3v) is 12.9. The van der Waals surface area contributed by atoms with Crippen LogP contribution in [0.1, 0.15) is 91.5 Å². The van der Waals surface area contributed by atoms with E-state index in [9.17, 15) is 27.6 Å². The molecule has 5 rings (SSSR count). The van der Waals surface area contributed by atoms with Crippen LogP contribution in [-0.4, -0.2) is 79.3 Å². The van der Waals surface area contributed by atoms with Crippen molar-refractivity contribution in [2.75, 3.05) is 18.9 Å². The molecule has 11 nitrogen and oxygen atoms in total. The minimum atomic E-state index is -3.98. The first-order valence-electron chi connectivity index (χ1n) is 18.5. The molecule has 0 bridgehead atoms. The zero-order valence-corrected chi connectivity index (χ0v) is 31.8. The average molecular weight is 736 g/mol. The lowest BCUT2D eigenvalue weighted by molar-refractivity contribution is -0.150. The van der Waals surface area contributed by atoms with Gasteiger partial charge in [0, 0.05) is 18.9 Å². The number of hydrogen-bond acceptors (Lipinski definition) is 8. The number of ether oxygens (including phenoxy) is 2. The molecule has 282 valence electrons. The van der Waals surface area contributed by atoms with Crippen LogP contribution < -0.4 is 10.6 Å². The summed E-state index contributed by atoms with van der Waals surface area (Å²) in [6, 6.07) is 14.6. The molecule has 5 atom stereocenters. The second kappa shape index (κ2) is 15.8. The molecule has 12 heteroatoms. The van der Waals surface area contributed by atoms with Crippen LogP contribution in [0.3, 0.4) is 0 Å². The molecular formula is C40H53N3O8S. The maximum absolute atomic E-state index is 14.7. The molecule has 0 radical (unpaired) electrons. The van der Waals surface area contributed by atoms with Crippen LogP contribution in [0.25, 0.3) is 11.1 Å². The van der Waals surface area contributed by atoms with E-state index in [0.717, 1.165) is 30.4 Å². The van der Waals surface area contributed by atoms with Gasteiger partial charge < -0.3 is 25.0 Å². The smallest absolute Gasteiger partial charge is 0.408 e. The van der Waals surface area contributed by atoms with E-state index in [4.69, 9.17) is 9.47 Å². The number of carbonyl (C=O) groups excluding carboxylic acids is 4. The number of esters is 1. The van der Waals surface area contributed by atoms with Crippen LogP contribution in [0.15, 0.2) is 66.7 Å². The Labute approximate surface area is 307 Å². The zero-order chi connectivity index (χ0) is 37.7. The van der Waals surface area contributed by atoms with Crippen molar-refractivity contribution in [1.29, 1.82) is 0 Å². The maximum Gasteiger partial charge on any atom is 0.408 e. The fourth-order valence-electron chi connectivity index (χ4n) is 7.48. The summed E-state index contributed by atoms with van der Waals surface area (Å²) in [5.41, 5.74) is 0.165. The van der Waals surface area contributed by atoms with Gasteiger partial charge >= 0.3 is 12.1 Å². The summed E-state index contributed by atoms with van der Waals surface area (Å²) < 4.78 is 38.3. The van der Waals surface area contributed by atoms with Gasteiger partial charge in [-0.1, -0.05) is 86.5 Å². The standard InChI is InChI=1S/C40H53N3O8S/c1-6-24-52(48,49)39(30-22-20-29(21-23-30)28-16-12-11-13-17-28)26-33-34(44)42-40(36(46)50-7-2)25-31(40)18-14-9-8-10-15-19-32(35(45)43(33)27-39)41-37(47)51-38(3,4)5/h11-14,16-18,20-23,31-33H,6-10,15,19,24-27H2,1-5H3,(H,41,47)(H,42,44)/b18-14-/t31-,32+,33+,39+,40-/m1/s1. The summed E-state index contributed by atoms with van der Waals surface area (Å²) in [6.07, 6.45) is 6.79. The number of rotatable bonds is 8. The predicted octanol–water partition coefficient (Wildman–Crippen LogP) is 5.83. The number of sulfone groups is 1. The summed E-state index contributed by atoms with van der Waals surface area (Å²) in [5.74, 6) is -2.25. The normalized spacial score (nSPS) is 27.6. The molecule has 2 aromatic carbocycles. The second-order valence-electron chi connectivity index (χ2n) is 15.2. The summed E-state index contributed by atoms with van der Waals surface area (Å²) in [6.45, 7) is 8.45. The molecule has 3 amide bonds. The van der Waals surface area contributed by atoms with Gasteiger partial charge in [0.25, 0.3) is 0 Å². The first-order chi connectivity index (χ1) is 24.7. The Bertz CT molecular complexity index is 1750. The highest BCUT2D eigenvalue weighted by Crippen LogP contribution is 2.48. The van der Waals surface area contributed by atoms with Gasteiger partial charge in [0.15, 0.2) is 9.84 Å². The molecule has 3 aliphatic rings. The van der Waals surface area contributed by atoms with E-state index >= 15 is 0 Å². The number of nitrogens with one attached hydrogen (secondary N) is 2. The Hall–Kier alpha value is -4.19. The Kier molecular flexibility index (Phi) is 11.9. The molecule has 0 unspecified atom stereocenters. The van der Waals surface area contributed by atoms with Crippen molar-refractivity contribution in [3.8, 4) is 11.1 Å². The van der Waals surface area contributed by atoms with Crippen molar-refractivity contribution in [2.45, 2.75) is 114 Å². The highest BCUT2D eigenvalue weighted by molar-refractivity contribution is 7.92. The van der Waals surface area contributed by atoms with Crippen LogP contribution >= 0.6 is 0 Å². The monoisotopic (exact) mass is 735 g/mol. The molecule has 2 aromatic rings. The second-order valence-corrected chi connectivity index (χ2v) is 17.6. The third-order valence-electron chi connectivity index (χ3n) is 10.2. The van der Waals surface area contributed by atoms with Gasteiger partial charge in [-0.05, 0) is 76.5 Å². The Morgan fingerprint density at radius 2 is 1.65 bits per heavy atom. The molecule has 2 heterocycles. The van der Waals surface area contributed by atoms with Crippen LogP contribution in [0.2, 0.25) is 0 Å². The van der Waals surface area contributed by atoms with Crippen molar-refractivity contribution in [3.63, 3.8) is 0 Å². The van der Waals surface area contributed by atoms with Gasteiger partial charge in [0.1, 0.15) is 28.0 Å². The van der Waals surface area contributed by atoms with Crippen LogP contribution in [0.4, 0.5) is 4.79 Å². The first kappa shape index (κ1) is 39.0. The molecule has 1 aliphatic carbocycles. The highest BCUT2D eigenvalue weighted by Gasteiger charge is 2.64. The van der Waals surface area contributed by atoms with E-state index in [0.29, 0.717) is 24.8 Å². The largest absolute Gasteiger partial charge is 0.464 e. The summed E-state index contributed by atoms with van der Waals surface area (Å²) in [7, 11) is -3.98. The Morgan fingerprint density at radius 1 is 0.962 bits per heavy atom. The van der Waals surface area contributed by atoms with Crippen molar-refractivity contribution >= 4 is 33.7 Å². The minimum absolute atomic E-state index is 0.121. The molecule has 1 saturated heterocycles. The van der Waals surface area contributed by atoms with E-state index in [1.165, 1.54) is 4.90 Å². The molecule has 2 aliphatic heterocycles. The third kappa shape index (κ3) is 8.37. The summed E-state index contributed by atoms with van der Waals surface area (Å²) >= 11 is 0. The Morgan fingerprint density at radius 3 is 2.31 bits per heavy atom. The number of alkyl carbamates (subject to hydrolysis) is 1. The summed E-state index contributed by atoms with van der Waals surface area (Å²) in [5, 5.41) is 5.68. The van der Waals surface area contributed by atoms with Crippen molar-refractivity contribution in [2.24, 2.45) is 5.92 Å². The SMILES string of the molecule is CCCS(=O)(=O)[C@@]1(c2ccc(-c3ccccc3)cc2)C[C@H]2C(=O)N[C@]3(C(=O)OCC)C[C@H]3/C=C\CCCCC[C@H](NC(=O)OC(C)(C)C)C(=O)N2C1. The average Bonchev–Trinajstić information content (AvgIpc) is 3.62. The van der Waals surface area contributed by atoms with Gasteiger partial charge in [0.2, 0.25) is 11.8 Å². The number of amides is 3. The predicted molar refractivity (Wildman–Crippen MR) is 199 cm³/mol. The van der Waals surface area contributed by atoms with Gasteiger partial charge in [-0.15, -0.1) is 0 Å². The lowest BCUT2D eigenvalue weighted by Gasteiger charge is -2.32. The minimum Gasteiger partial charge on any atom is -0.464 e. The lowest BCUT2D eigenvalue weighted by Crippen LogP contribution is -2.56. The van der Waals surface area contributed by atoms with E-state index in [-0.39, 0.29) is 37.7 Å². The first-order valence-corrected chi connectivity index (χ1v) is 20.2. The van der Waals surface area contributed by atoms with E-state index in [2.05, 4.69) is 10.6 Å². The van der Waals surface area contributed by atoms with E-state index < -0.39 is 61.7 Å². The number of carbonyl (C=O) groups is 4. The van der Waals surface area contributed by atoms with Crippen molar-refractivity contribution in [3.05, 3.63) is 72.3 Å². The number of fused-ring (bicyclic) bond motifs is 2. The fourth-order valence-corrected chi connectivity index (χ4v) is 9.65. The van der Waals surface area contributed by atoms with Crippen LogP contribution in [0.5, 0.6) is 0 Å². The maximum atomic E-state index is 14.7. The molecule has 0 spiro atoms. The fraction of sp³-hybridized carbons (Fsp3) is 0.550. The molecular weight excluding hydrogens is 683 g/mol. The number of allylic oxidation sites excluding steroid dienone is 1. The van der Waals surface area contributed by atoms with Crippen LogP contribution in [-0.2, 0) is 38.4 Å². The van der Waals surface area contributed by atoms with E-state index in [1.807, 2.05) is 54.6 Å². The number of benzene rings is 2. The number of nitrogens with zero attached hydrogens (tertiary/aromatic N) is 1. The molecule has 1 saturated carbocycles. The number of hydrogen-bond donors (Lipinski definition) is 2. The van der Waals surface area contributed by atoms with E-state index in [1.54, 1.807) is 46.8 Å². The molecule has 52 heavy (non-hydrogen) atoms. The molecule has 0 aromatic heterocycles. The quantitative estimate of drug-likeness (QED) is 0.255. The van der Waals surface area contributed by atoms with Crippen molar-refractivity contribution in [1.82, 2.24) is 15.5 Å². The van der Waals surface area contributed by atoms with Crippen molar-refractivity contribution < 1.29 is 37.1 Å². The van der Waals surface area contributed by atoms with Gasteiger partial charge in [-0.2, -0.15) is 0 Å². The topological polar surface area (TPSA) is 148 Å². The highest BCUT2D eigenvalue weighted by atomic mass is 32.2. The van der Waals surface area contributed by atoms with Crippen LogP contribution in [0, 0.1) is 5.92 Å². The summed E-state index contributed by atoms with van der Waals surface area (Å²) in [4.78, 5) is 57.1. The molecule has 2 fully saturated rings. The lowest BCUT2D eigenvalue weighted by atomic mass is 9.93. The Balaban J connectivity index is 1.61. The van der Waals surface area contributed by atoms with Gasteiger partial charge in [0.05, 0.1) is 12.4 Å². The van der Waals surface area contributed by atoms with Gasteiger partial charge in [-0.25, -0.2) is 18.0 Å².